The zero-order valence-electron chi connectivity index (χ0n) is 9.30. The maximum atomic E-state index is 11.2. The van der Waals surface area contributed by atoms with Crippen LogP contribution in [0.5, 0.6) is 5.75 Å². The van der Waals surface area contributed by atoms with E-state index in [9.17, 15) is 4.79 Å². The van der Waals surface area contributed by atoms with Crippen LogP contribution in [-0.2, 0) is 0 Å². The first-order valence-electron chi connectivity index (χ1n) is 5.16. The summed E-state index contributed by atoms with van der Waals surface area (Å²) in [6, 6.07) is 7.27. The summed E-state index contributed by atoms with van der Waals surface area (Å²) in [4.78, 5) is 21.2. The lowest BCUT2D eigenvalue weighted by molar-refractivity contribution is 0.341. The third-order valence-corrected chi connectivity index (χ3v) is 2.11. The van der Waals surface area contributed by atoms with Gasteiger partial charge in [-0.1, -0.05) is 12.1 Å². The average Bonchev–Trinajstić information content (AvgIpc) is 2.29. The molecule has 6 heteroatoms. The van der Waals surface area contributed by atoms with Gasteiger partial charge in [0, 0.05) is 0 Å². The molecule has 0 atom stereocenters. The minimum absolute atomic E-state index is 0.0601. The standard InChI is InChI=1S/C11H12N4O2/c1-2-17-8-6-4-3-5-7(8)9-13-10(12)15-11(16)14-9/h3-6H,2H2,1H3,(H3,12,13,14,15,16). The van der Waals surface area contributed by atoms with Crippen LogP contribution in [0.25, 0.3) is 11.4 Å². The molecule has 2 aromatic rings. The van der Waals surface area contributed by atoms with Gasteiger partial charge >= 0.3 is 5.69 Å². The molecule has 3 N–H and O–H groups in total. The van der Waals surface area contributed by atoms with Crippen LogP contribution in [0.2, 0.25) is 0 Å². The van der Waals surface area contributed by atoms with Crippen molar-refractivity contribution >= 4 is 5.95 Å². The lowest BCUT2D eigenvalue weighted by Crippen LogP contribution is -2.15. The number of benzene rings is 1. The van der Waals surface area contributed by atoms with E-state index in [1.807, 2.05) is 19.1 Å². The van der Waals surface area contributed by atoms with Crippen molar-refractivity contribution in [2.45, 2.75) is 6.92 Å². The van der Waals surface area contributed by atoms with Crippen LogP contribution in [0, 0.1) is 0 Å². The molecular formula is C11H12N4O2. The maximum Gasteiger partial charge on any atom is 0.349 e. The highest BCUT2D eigenvalue weighted by atomic mass is 16.5. The van der Waals surface area contributed by atoms with Crippen LogP contribution in [0.15, 0.2) is 29.1 Å². The highest BCUT2D eigenvalue weighted by molar-refractivity contribution is 5.64. The second-order valence-electron chi connectivity index (χ2n) is 3.29. The molecule has 0 saturated heterocycles. The Kier molecular flexibility index (Phi) is 3.04. The molecule has 6 nitrogen and oxygen atoms in total. The summed E-state index contributed by atoms with van der Waals surface area (Å²) < 4.78 is 5.45. The molecule has 0 saturated carbocycles. The Labute approximate surface area is 97.5 Å². The van der Waals surface area contributed by atoms with E-state index >= 15 is 0 Å². The van der Waals surface area contributed by atoms with E-state index in [4.69, 9.17) is 10.5 Å². The zero-order valence-corrected chi connectivity index (χ0v) is 9.30. The third kappa shape index (κ3) is 2.41. The molecular weight excluding hydrogens is 220 g/mol. The van der Waals surface area contributed by atoms with E-state index in [0.29, 0.717) is 23.7 Å². The highest BCUT2D eigenvalue weighted by Gasteiger charge is 2.08. The molecule has 17 heavy (non-hydrogen) atoms. The summed E-state index contributed by atoms with van der Waals surface area (Å²) in [6.45, 7) is 2.41. The molecule has 0 radical (unpaired) electrons. The predicted octanol–water partition coefficient (Wildman–Crippen LogP) is 0.813. The molecule has 0 spiro atoms. The van der Waals surface area contributed by atoms with Gasteiger partial charge in [0.05, 0.1) is 12.2 Å². The number of aromatic nitrogens is 3. The summed E-state index contributed by atoms with van der Waals surface area (Å²) in [7, 11) is 0. The molecule has 1 heterocycles. The van der Waals surface area contributed by atoms with Crippen LogP contribution < -0.4 is 16.2 Å². The molecule has 1 aromatic heterocycles. The fraction of sp³-hybridized carbons (Fsp3) is 0.182. The number of hydrogen-bond acceptors (Lipinski definition) is 5. The van der Waals surface area contributed by atoms with Gasteiger partial charge in [-0.15, -0.1) is 0 Å². The maximum absolute atomic E-state index is 11.2. The Balaban J connectivity index is 2.55. The number of para-hydroxylation sites is 1. The van der Waals surface area contributed by atoms with Gasteiger partial charge in [0.1, 0.15) is 11.6 Å². The van der Waals surface area contributed by atoms with E-state index in [1.165, 1.54) is 0 Å². The van der Waals surface area contributed by atoms with Crippen molar-refractivity contribution in [2.75, 3.05) is 12.3 Å². The first-order chi connectivity index (χ1) is 8.20. The second-order valence-corrected chi connectivity index (χ2v) is 3.29. The number of nitrogens with two attached hydrogens (primary N) is 1. The minimum Gasteiger partial charge on any atom is -0.493 e. The molecule has 0 aliphatic carbocycles. The quantitative estimate of drug-likeness (QED) is 0.816. The number of ether oxygens (including phenoxy) is 1. The van der Waals surface area contributed by atoms with Gasteiger partial charge in [-0.2, -0.15) is 9.97 Å². The van der Waals surface area contributed by atoms with Crippen molar-refractivity contribution in [1.29, 1.82) is 0 Å². The van der Waals surface area contributed by atoms with E-state index in [-0.39, 0.29) is 5.95 Å². The highest BCUT2D eigenvalue weighted by Crippen LogP contribution is 2.26. The number of nitrogens with zero attached hydrogens (tertiary/aromatic N) is 2. The number of nitrogens with one attached hydrogen (secondary N) is 1. The van der Waals surface area contributed by atoms with Crippen LogP contribution in [0.4, 0.5) is 5.95 Å². The van der Waals surface area contributed by atoms with E-state index in [1.54, 1.807) is 12.1 Å². The predicted molar refractivity (Wildman–Crippen MR) is 63.7 cm³/mol. The van der Waals surface area contributed by atoms with Gasteiger partial charge in [0.25, 0.3) is 0 Å². The molecule has 0 fully saturated rings. The van der Waals surface area contributed by atoms with E-state index in [0.717, 1.165) is 0 Å². The Morgan fingerprint density at radius 2 is 2.12 bits per heavy atom. The number of hydrogen-bond donors (Lipinski definition) is 2. The summed E-state index contributed by atoms with van der Waals surface area (Å²) in [6.07, 6.45) is 0. The number of rotatable bonds is 3. The number of H-pyrrole nitrogens is 1. The molecule has 0 bridgehead atoms. The molecule has 0 amide bonds. The Hall–Kier alpha value is -2.37. The fourth-order valence-corrected chi connectivity index (χ4v) is 1.47. The normalized spacial score (nSPS) is 10.2. The average molecular weight is 232 g/mol. The van der Waals surface area contributed by atoms with Gasteiger partial charge in [-0.25, -0.2) is 4.79 Å². The second kappa shape index (κ2) is 4.65. The van der Waals surface area contributed by atoms with E-state index in [2.05, 4.69) is 15.0 Å². The van der Waals surface area contributed by atoms with Gasteiger partial charge in [0.15, 0.2) is 0 Å². The Bertz CT molecular complexity index is 580. The molecule has 0 unspecified atom stereocenters. The smallest absolute Gasteiger partial charge is 0.349 e. The number of anilines is 1. The molecule has 1 aromatic carbocycles. The van der Waals surface area contributed by atoms with Crippen molar-refractivity contribution in [2.24, 2.45) is 0 Å². The first-order valence-corrected chi connectivity index (χ1v) is 5.16. The summed E-state index contributed by atoms with van der Waals surface area (Å²) in [5.41, 5.74) is 5.59. The van der Waals surface area contributed by atoms with E-state index < -0.39 is 5.69 Å². The monoisotopic (exact) mass is 232 g/mol. The number of aromatic amines is 1. The third-order valence-electron chi connectivity index (χ3n) is 2.11. The van der Waals surface area contributed by atoms with Gasteiger partial charge in [0.2, 0.25) is 5.95 Å². The van der Waals surface area contributed by atoms with Crippen molar-refractivity contribution in [1.82, 2.24) is 15.0 Å². The topological polar surface area (TPSA) is 93.9 Å². The lowest BCUT2D eigenvalue weighted by atomic mass is 10.2. The molecule has 2 rings (SSSR count). The van der Waals surface area contributed by atoms with Crippen LogP contribution >= 0.6 is 0 Å². The van der Waals surface area contributed by atoms with Crippen molar-refractivity contribution in [3.63, 3.8) is 0 Å². The van der Waals surface area contributed by atoms with Crippen molar-refractivity contribution in [3.8, 4) is 17.1 Å². The minimum atomic E-state index is -0.529. The van der Waals surface area contributed by atoms with Crippen molar-refractivity contribution < 1.29 is 4.74 Å². The fourth-order valence-electron chi connectivity index (χ4n) is 1.47. The van der Waals surface area contributed by atoms with Crippen molar-refractivity contribution in [3.05, 3.63) is 34.7 Å². The van der Waals surface area contributed by atoms with Crippen LogP contribution in [0.1, 0.15) is 6.92 Å². The van der Waals surface area contributed by atoms with Crippen LogP contribution in [0.3, 0.4) is 0 Å². The Morgan fingerprint density at radius 3 is 2.82 bits per heavy atom. The molecule has 0 aliphatic heterocycles. The Morgan fingerprint density at radius 1 is 1.35 bits per heavy atom. The number of nitrogen functional groups attached to an aromatic ring is 1. The summed E-state index contributed by atoms with van der Waals surface area (Å²) in [5.74, 6) is 0.936. The molecule has 0 aliphatic rings. The largest absolute Gasteiger partial charge is 0.493 e. The SMILES string of the molecule is CCOc1ccccc1-c1nc(N)nc(=O)[nH]1. The van der Waals surface area contributed by atoms with Gasteiger partial charge < -0.3 is 10.5 Å². The molecule has 88 valence electrons. The lowest BCUT2D eigenvalue weighted by Gasteiger charge is -2.08. The summed E-state index contributed by atoms with van der Waals surface area (Å²) in [5, 5.41) is 0. The zero-order chi connectivity index (χ0) is 12.3. The van der Waals surface area contributed by atoms with Gasteiger partial charge in [-0.05, 0) is 19.1 Å². The summed E-state index contributed by atoms with van der Waals surface area (Å²) >= 11 is 0. The first kappa shape index (κ1) is 11.1. The van der Waals surface area contributed by atoms with Gasteiger partial charge in [-0.3, -0.25) is 4.98 Å². The van der Waals surface area contributed by atoms with Crippen LogP contribution in [-0.4, -0.2) is 21.6 Å².